The number of amides is 3. The Morgan fingerprint density at radius 2 is 1.89 bits per heavy atom. The number of fused-ring (bicyclic) bond motifs is 1. The number of thiophene rings is 1. The van der Waals surface area contributed by atoms with Crippen LogP contribution in [0.1, 0.15) is 27.7 Å². The molecule has 12 heteroatoms. The Bertz CT molecular complexity index is 803. The number of rotatable bonds is 6. The van der Waals surface area contributed by atoms with Crippen LogP contribution < -0.4 is 16.0 Å². The van der Waals surface area contributed by atoms with Gasteiger partial charge in [-0.3, -0.25) is 14.4 Å². The molecule has 3 amide bonds. The molecule has 1 aromatic heterocycles. The van der Waals surface area contributed by atoms with Crippen LogP contribution in [-0.4, -0.2) is 59.1 Å². The van der Waals surface area contributed by atoms with Gasteiger partial charge in [0.15, 0.2) is 0 Å². The number of carboxylic acids is 2. The van der Waals surface area contributed by atoms with Gasteiger partial charge in [0, 0.05) is 24.8 Å². The number of anilines is 1. The molecule has 146 valence electrons. The first kappa shape index (κ1) is 20.3. The van der Waals surface area contributed by atoms with Crippen molar-refractivity contribution in [2.24, 2.45) is 0 Å². The maximum atomic E-state index is 11.6. The fraction of sp³-hybridized carbons (Fsp3) is 0.400. The molecule has 11 nitrogen and oxygen atoms in total. The predicted molar refractivity (Wildman–Crippen MR) is 91.5 cm³/mol. The number of hydrogen-bond acceptors (Lipinski definition) is 7. The lowest BCUT2D eigenvalue weighted by molar-refractivity contribution is -0.147. The molecular formula is C15H17N3O8S. The molecule has 0 saturated carbocycles. The van der Waals surface area contributed by atoms with Gasteiger partial charge >= 0.3 is 17.8 Å². The van der Waals surface area contributed by atoms with Gasteiger partial charge in [0.1, 0.15) is 5.00 Å². The third kappa shape index (κ3) is 5.24. The van der Waals surface area contributed by atoms with Gasteiger partial charge in [0.2, 0.25) is 11.8 Å². The Balaban J connectivity index is 2.07. The van der Waals surface area contributed by atoms with Crippen LogP contribution in [0.3, 0.4) is 0 Å². The summed E-state index contributed by atoms with van der Waals surface area (Å²) in [5.74, 6) is -5.13. The lowest BCUT2D eigenvalue weighted by atomic mass is 10.0. The van der Waals surface area contributed by atoms with Crippen LogP contribution in [0.4, 0.5) is 5.00 Å². The molecule has 1 aliphatic heterocycles. The SMILES string of the molecule is CC(=O)NCC(=O)NCC1Cc2c(sc(NC(=O)C(=O)O)c2C(=O)O)CO1. The zero-order chi connectivity index (χ0) is 20.1. The average Bonchev–Trinajstić information content (AvgIpc) is 2.95. The molecule has 2 heterocycles. The summed E-state index contributed by atoms with van der Waals surface area (Å²) in [5.41, 5.74) is 0.253. The fourth-order valence-electron chi connectivity index (χ4n) is 2.42. The molecule has 0 aliphatic carbocycles. The third-order valence-corrected chi connectivity index (χ3v) is 4.75. The fourth-order valence-corrected chi connectivity index (χ4v) is 3.56. The van der Waals surface area contributed by atoms with Crippen molar-refractivity contribution in [1.82, 2.24) is 10.6 Å². The minimum Gasteiger partial charge on any atom is -0.478 e. The number of aromatic carboxylic acids is 1. The third-order valence-electron chi connectivity index (χ3n) is 3.63. The summed E-state index contributed by atoms with van der Waals surface area (Å²) in [4.78, 5) is 56.6. The summed E-state index contributed by atoms with van der Waals surface area (Å²) >= 11 is 0.938. The number of aliphatic carboxylic acids is 1. The van der Waals surface area contributed by atoms with Crippen molar-refractivity contribution >= 4 is 46.0 Å². The van der Waals surface area contributed by atoms with E-state index in [4.69, 9.17) is 9.84 Å². The maximum absolute atomic E-state index is 11.6. The van der Waals surface area contributed by atoms with Crippen molar-refractivity contribution in [3.05, 3.63) is 16.0 Å². The molecule has 0 spiro atoms. The van der Waals surface area contributed by atoms with E-state index in [1.807, 2.05) is 0 Å². The summed E-state index contributed by atoms with van der Waals surface area (Å²) in [6.07, 6.45) is -0.342. The summed E-state index contributed by atoms with van der Waals surface area (Å²) in [6, 6.07) is 0. The minimum atomic E-state index is -1.73. The summed E-state index contributed by atoms with van der Waals surface area (Å²) in [6.45, 7) is 1.26. The highest BCUT2D eigenvalue weighted by Crippen LogP contribution is 2.37. The van der Waals surface area contributed by atoms with Gasteiger partial charge in [-0.1, -0.05) is 0 Å². The number of carbonyl (C=O) groups is 5. The van der Waals surface area contributed by atoms with Crippen molar-refractivity contribution in [1.29, 1.82) is 0 Å². The van der Waals surface area contributed by atoms with Crippen LogP contribution in [0.2, 0.25) is 0 Å². The Hall–Kier alpha value is -2.99. The van der Waals surface area contributed by atoms with E-state index < -0.39 is 29.9 Å². The van der Waals surface area contributed by atoms with Crippen LogP contribution in [-0.2, 0) is 36.9 Å². The zero-order valence-electron chi connectivity index (χ0n) is 14.2. The van der Waals surface area contributed by atoms with E-state index in [-0.39, 0.29) is 42.6 Å². The van der Waals surface area contributed by atoms with Crippen molar-refractivity contribution in [2.45, 2.75) is 26.1 Å². The maximum Gasteiger partial charge on any atom is 0.394 e. The van der Waals surface area contributed by atoms with Crippen LogP contribution in [0.15, 0.2) is 0 Å². The highest BCUT2D eigenvalue weighted by atomic mass is 32.1. The van der Waals surface area contributed by atoms with E-state index in [9.17, 15) is 29.1 Å². The van der Waals surface area contributed by atoms with Crippen molar-refractivity contribution in [3.8, 4) is 0 Å². The highest BCUT2D eigenvalue weighted by molar-refractivity contribution is 7.17. The first-order chi connectivity index (χ1) is 12.7. The largest absolute Gasteiger partial charge is 0.478 e. The Morgan fingerprint density at radius 1 is 1.19 bits per heavy atom. The molecule has 0 fully saturated rings. The Kier molecular flexibility index (Phi) is 6.47. The van der Waals surface area contributed by atoms with Crippen molar-refractivity contribution in [2.75, 3.05) is 18.4 Å². The van der Waals surface area contributed by atoms with Crippen LogP contribution in [0.5, 0.6) is 0 Å². The molecule has 1 unspecified atom stereocenters. The summed E-state index contributed by atoms with van der Waals surface area (Å²) < 4.78 is 5.57. The van der Waals surface area contributed by atoms with Gasteiger partial charge in [-0.15, -0.1) is 11.3 Å². The summed E-state index contributed by atoms with van der Waals surface area (Å²) in [5, 5.41) is 25.0. The quantitative estimate of drug-likeness (QED) is 0.385. The smallest absolute Gasteiger partial charge is 0.394 e. The second kappa shape index (κ2) is 8.60. The molecule has 0 bridgehead atoms. The number of ether oxygens (including phenoxy) is 1. The first-order valence-electron chi connectivity index (χ1n) is 7.73. The Morgan fingerprint density at radius 3 is 2.48 bits per heavy atom. The molecule has 0 saturated heterocycles. The molecule has 2 rings (SSSR count). The molecule has 0 radical (unpaired) electrons. The van der Waals surface area contributed by atoms with E-state index in [0.717, 1.165) is 11.3 Å². The van der Waals surface area contributed by atoms with E-state index in [0.29, 0.717) is 10.4 Å². The molecule has 27 heavy (non-hydrogen) atoms. The predicted octanol–water partition coefficient (Wildman–Crippen LogP) is -0.837. The van der Waals surface area contributed by atoms with Crippen LogP contribution in [0.25, 0.3) is 0 Å². The second-order valence-electron chi connectivity index (χ2n) is 5.62. The van der Waals surface area contributed by atoms with E-state index in [2.05, 4.69) is 16.0 Å². The molecule has 1 aliphatic rings. The van der Waals surface area contributed by atoms with Crippen LogP contribution >= 0.6 is 11.3 Å². The van der Waals surface area contributed by atoms with Gasteiger partial charge in [-0.2, -0.15) is 0 Å². The molecule has 1 atom stereocenters. The van der Waals surface area contributed by atoms with Gasteiger partial charge < -0.3 is 30.9 Å². The standard InChI is InChI=1S/C15H17N3O8S/c1-6(19)16-4-10(20)17-3-7-2-8-9(5-26-7)27-13(11(8)14(22)23)18-12(21)15(24)25/h7H,2-5H2,1H3,(H,16,19)(H,17,20)(H,18,21)(H,22,23)(H,24,25). The number of nitrogens with one attached hydrogen (secondary N) is 3. The second-order valence-corrected chi connectivity index (χ2v) is 6.73. The molecule has 0 aromatic carbocycles. The van der Waals surface area contributed by atoms with E-state index in [1.54, 1.807) is 0 Å². The molecule has 5 N–H and O–H groups in total. The van der Waals surface area contributed by atoms with Crippen LogP contribution in [0, 0.1) is 0 Å². The van der Waals surface area contributed by atoms with Crippen molar-refractivity contribution in [3.63, 3.8) is 0 Å². The number of hydrogen-bond donors (Lipinski definition) is 5. The lowest BCUT2D eigenvalue weighted by Gasteiger charge is -2.23. The normalized spacial score (nSPS) is 15.4. The minimum absolute atomic E-state index is 0.0649. The Labute approximate surface area is 156 Å². The number of carbonyl (C=O) groups excluding carboxylic acids is 3. The highest BCUT2D eigenvalue weighted by Gasteiger charge is 2.31. The van der Waals surface area contributed by atoms with E-state index in [1.165, 1.54) is 6.92 Å². The van der Waals surface area contributed by atoms with Gasteiger partial charge in [0.05, 0.1) is 24.8 Å². The monoisotopic (exact) mass is 399 g/mol. The topological polar surface area (TPSA) is 171 Å². The summed E-state index contributed by atoms with van der Waals surface area (Å²) in [7, 11) is 0. The number of carboxylic acid groups (broad SMARTS) is 2. The first-order valence-corrected chi connectivity index (χ1v) is 8.55. The zero-order valence-corrected chi connectivity index (χ0v) is 15.0. The lowest BCUT2D eigenvalue weighted by Crippen LogP contribution is -2.41. The van der Waals surface area contributed by atoms with Gasteiger partial charge in [0.25, 0.3) is 0 Å². The molecule has 1 aromatic rings. The molecular weight excluding hydrogens is 382 g/mol. The van der Waals surface area contributed by atoms with Crippen molar-refractivity contribution < 1.29 is 38.9 Å². The van der Waals surface area contributed by atoms with Gasteiger partial charge in [-0.05, 0) is 5.56 Å². The van der Waals surface area contributed by atoms with Gasteiger partial charge in [-0.25, -0.2) is 9.59 Å². The van der Waals surface area contributed by atoms with E-state index >= 15 is 0 Å². The average molecular weight is 399 g/mol.